The summed E-state index contributed by atoms with van der Waals surface area (Å²) in [6.45, 7) is 2.20. The van der Waals surface area contributed by atoms with Crippen LogP contribution in [0.1, 0.15) is 39.1 Å². The maximum Gasteiger partial charge on any atom is 0.258 e. The lowest BCUT2D eigenvalue weighted by molar-refractivity contribution is 0.0291. The number of amides is 1. The summed E-state index contributed by atoms with van der Waals surface area (Å²) in [5.74, 6) is -0.159. The summed E-state index contributed by atoms with van der Waals surface area (Å²) >= 11 is 0. The predicted octanol–water partition coefficient (Wildman–Crippen LogP) is 3.20. The number of carbonyl (C=O) groups is 2. The van der Waals surface area contributed by atoms with E-state index in [0.29, 0.717) is 41.8 Å². The fraction of sp³-hybridized carbons (Fsp3) is 0.222. The molecule has 24 heavy (non-hydrogen) atoms. The molecule has 0 aromatic heterocycles. The topological polar surface area (TPSA) is 81.1 Å². The summed E-state index contributed by atoms with van der Waals surface area (Å²) in [5, 5.41) is 18.2. The number of carbonyl (C=O) groups excluding carboxylic acids is 2. The van der Waals surface area contributed by atoms with E-state index >= 15 is 0 Å². The number of fused-ring (bicyclic) bond motifs is 1. The number of benzene rings is 2. The third-order valence-corrected chi connectivity index (χ3v) is 4.20. The van der Waals surface area contributed by atoms with Crippen LogP contribution >= 0.6 is 0 Å². The molecule has 2 aromatic carbocycles. The van der Waals surface area contributed by atoms with Crippen LogP contribution in [-0.2, 0) is 0 Å². The van der Waals surface area contributed by atoms with E-state index in [1.165, 1.54) is 12.1 Å². The first-order valence-electron chi connectivity index (χ1n) is 7.71. The Morgan fingerprint density at radius 1 is 1.17 bits per heavy atom. The molecule has 2 aromatic rings. The molecule has 0 bridgehead atoms. The van der Waals surface area contributed by atoms with Gasteiger partial charge in [0, 0.05) is 24.1 Å². The number of para-hydroxylation sites is 1. The third kappa shape index (κ3) is 2.89. The van der Waals surface area contributed by atoms with Gasteiger partial charge in [-0.1, -0.05) is 12.1 Å². The Kier molecular flexibility index (Phi) is 4.33. The summed E-state index contributed by atoms with van der Waals surface area (Å²) in [7, 11) is 0. The molecule has 0 saturated carbocycles. The third-order valence-electron chi connectivity index (χ3n) is 4.20. The quantitative estimate of drug-likeness (QED) is 0.828. The number of rotatable bonds is 2. The highest BCUT2D eigenvalue weighted by Gasteiger charge is 2.26. The maximum atomic E-state index is 13.0. The molecule has 0 radical (unpaired) electrons. The van der Waals surface area contributed by atoms with Crippen molar-refractivity contribution in [3.63, 3.8) is 0 Å². The van der Waals surface area contributed by atoms with Gasteiger partial charge in [-0.05, 0) is 49.2 Å². The molecule has 0 unspecified atom stereocenters. The Morgan fingerprint density at radius 3 is 2.62 bits per heavy atom. The van der Waals surface area contributed by atoms with Gasteiger partial charge < -0.3 is 4.90 Å². The van der Waals surface area contributed by atoms with Crippen LogP contribution in [0, 0.1) is 6.92 Å². The molecule has 6 nitrogen and oxygen atoms in total. The van der Waals surface area contributed by atoms with Crippen molar-refractivity contribution in [3.05, 3.63) is 59.2 Å². The Labute approximate surface area is 139 Å². The summed E-state index contributed by atoms with van der Waals surface area (Å²) in [4.78, 5) is 26.8. The van der Waals surface area contributed by atoms with Crippen molar-refractivity contribution in [3.8, 4) is 0 Å². The number of ketones is 1. The highest BCUT2D eigenvalue weighted by atomic mass is 16.8. The van der Waals surface area contributed by atoms with Crippen LogP contribution in [0.5, 0.6) is 0 Å². The van der Waals surface area contributed by atoms with E-state index in [1.54, 1.807) is 36.1 Å². The smallest absolute Gasteiger partial charge is 0.258 e. The lowest BCUT2D eigenvalue weighted by atomic mass is 10.0. The van der Waals surface area contributed by atoms with Crippen molar-refractivity contribution in [1.29, 1.82) is 0 Å². The van der Waals surface area contributed by atoms with E-state index in [-0.39, 0.29) is 22.6 Å². The second-order valence-electron chi connectivity index (χ2n) is 5.79. The highest BCUT2D eigenvalue weighted by Crippen LogP contribution is 2.28. The lowest BCUT2D eigenvalue weighted by Gasteiger charge is -2.23. The van der Waals surface area contributed by atoms with Gasteiger partial charge in [-0.3, -0.25) is 20.0 Å². The first-order chi connectivity index (χ1) is 11.5. The molecule has 0 atom stereocenters. The molecular weight excluding hydrogens is 308 g/mol. The maximum absolute atomic E-state index is 13.0. The van der Waals surface area contributed by atoms with Crippen LogP contribution in [-0.4, -0.2) is 28.6 Å². The van der Waals surface area contributed by atoms with Crippen LogP contribution in [0.2, 0.25) is 0 Å². The van der Waals surface area contributed by atoms with Gasteiger partial charge in [0.25, 0.3) is 5.91 Å². The van der Waals surface area contributed by atoms with Crippen molar-refractivity contribution in [2.24, 2.45) is 0 Å². The highest BCUT2D eigenvalue weighted by molar-refractivity contribution is 6.12. The van der Waals surface area contributed by atoms with E-state index in [9.17, 15) is 9.59 Å². The van der Waals surface area contributed by atoms with Gasteiger partial charge in [0.2, 0.25) is 0 Å². The predicted molar refractivity (Wildman–Crippen MR) is 88.9 cm³/mol. The molecule has 124 valence electrons. The molecule has 2 N–H and O–H groups in total. The monoisotopic (exact) mass is 326 g/mol. The molecule has 1 aliphatic heterocycles. The summed E-state index contributed by atoms with van der Waals surface area (Å²) in [6, 6.07) is 11.7. The van der Waals surface area contributed by atoms with Crippen molar-refractivity contribution in [1.82, 2.24) is 0 Å². The molecule has 0 saturated heterocycles. The van der Waals surface area contributed by atoms with Gasteiger partial charge >= 0.3 is 0 Å². The number of Topliss-reactive ketones (excluding diaryl/α,β-unsaturated/α-hetero) is 1. The minimum atomic E-state index is -0.205. The molecule has 0 aliphatic carbocycles. The number of hydrogen-bond acceptors (Lipinski definition) is 5. The zero-order valence-electron chi connectivity index (χ0n) is 13.3. The fourth-order valence-electron chi connectivity index (χ4n) is 2.97. The van der Waals surface area contributed by atoms with E-state index in [0.717, 1.165) is 0 Å². The normalized spacial score (nSPS) is 14.1. The SMILES string of the molecule is Cc1cc(N(O)O)ccc1C(=O)N1CCCC(=O)c2ccccc21. The Hall–Kier alpha value is -2.70. The fourth-order valence-corrected chi connectivity index (χ4v) is 2.97. The Balaban J connectivity index is 2.01. The average Bonchev–Trinajstić information content (AvgIpc) is 2.74. The number of anilines is 2. The molecule has 0 fully saturated rings. The summed E-state index contributed by atoms with van der Waals surface area (Å²) in [5.41, 5.74) is 2.45. The molecule has 1 amide bonds. The van der Waals surface area contributed by atoms with Gasteiger partial charge in [0.15, 0.2) is 5.78 Å². The van der Waals surface area contributed by atoms with E-state index in [1.807, 2.05) is 6.07 Å². The van der Waals surface area contributed by atoms with Crippen molar-refractivity contribution < 1.29 is 20.0 Å². The van der Waals surface area contributed by atoms with Crippen molar-refractivity contribution in [2.75, 3.05) is 16.7 Å². The largest absolute Gasteiger partial charge is 0.308 e. The second-order valence-corrected chi connectivity index (χ2v) is 5.79. The second kappa shape index (κ2) is 6.43. The zero-order valence-corrected chi connectivity index (χ0v) is 13.3. The number of nitrogens with zero attached hydrogens (tertiary/aromatic N) is 2. The van der Waals surface area contributed by atoms with Crippen LogP contribution in [0.3, 0.4) is 0 Å². The average molecular weight is 326 g/mol. The standard InChI is InChI=1S/C18H18N2O4/c1-12-11-13(20(23)24)8-9-14(12)18(22)19-10-4-7-17(21)15-5-2-3-6-16(15)19/h2-3,5-6,8-9,11,23-24H,4,7,10H2,1H3. The van der Waals surface area contributed by atoms with Gasteiger partial charge in [0.1, 0.15) is 0 Å². The number of hydrogen-bond donors (Lipinski definition) is 2. The zero-order chi connectivity index (χ0) is 17.3. The van der Waals surface area contributed by atoms with Crippen molar-refractivity contribution >= 4 is 23.1 Å². The van der Waals surface area contributed by atoms with Gasteiger partial charge in [-0.15, -0.1) is 5.23 Å². The van der Waals surface area contributed by atoms with Crippen LogP contribution in [0.15, 0.2) is 42.5 Å². The lowest BCUT2D eigenvalue weighted by Crippen LogP contribution is -2.32. The molecule has 1 aliphatic rings. The Morgan fingerprint density at radius 2 is 1.92 bits per heavy atom. The molecule has 1 heterocycles. The molecular formula is C18H18N2O4. The molecule has 3 rings (SSSR count). The van der Waals surface area contributed by atoms with Gasteiger partial charge in [0.05, 0.1) is 11.4 Å². The molecule has 0 spiro atoms. The summed E-state index contributed by atoms with van der Waals surface area (Å²) < 4.78 is 0. The van der Waals surface area contributed by atoms with Gasteiger partial charge in [-0.2, -0.15) is 0 Å². The van der Waals surface area contributed by atoms with E-state index < -0.39 is 0 Å². The molecule has 6 heteroatoms. The summed E-state index contributed by atoms with van der Waals surface area (Å²) in [6.07, 6.45) is 1.03. The van der Waals surface area contributed by atoms with Crippen LogP contribution < -0.4 is 10.1 Å². The van der Waals surface area contributed by atoms with Crippen LogP contribution in [0.4, 0.5) is 11.4 Å². The number of aryl methyl sites for hydroxylation is 1. The van der Waals surface area contributed by atoms with Crippen LogP contribution in [0.25, 0.3) is 0 Å². The van der Waals surface area contributed by atoms with E-state index in [4.69, 9.17) is 10.4 Å². The first-order valence-corrected chi connectivity index (χ1v) is 7.71. The minimum Gasteiger partial charge on any atom is -0.308 e. The minimum absolute atomic E-state index is 0.0150. The van der Waals surface area contributed by atoms with Gasteiger partial charge in [-0.25, -0.2) is 0 Å². The first kappa shape index (κ1) is 16.2. The van der Waals surface area contributed by atoms with E-state index in [2.05, 4.69) is 0 Å². The van der Waals surface area contributed by atoms with Crippen molar-refractivity contribution in [2.45, 2.75) is 19.8 Å². The Bertz CT molecular complexity index is 801.